The number of ether oxygens (including phenoxy) is 2. The van der Waals surface area contributed by atoms with E-state index in [9.17, 15) is 0 Å². The van der Waals surface area contributed by atoms with Crippen molar-refractivity contribution in [1.29, 1.82) is 0 Å². The highest BCUT2D eigenvalue weighted by atomic mass is 32.1. The summed E-state index contributed by atoms with van der Waals surface area (Å²) in [6.07, 6.45) is 10.8. The maximum atomic E-state index is 6.17. The van der Waals surface area contributed by atoms with Gasteiger partial charge in [0.1, 0.15) is 11.5 Å². The summed E-state index contributed by atoms with van der Waals surface area (Å²) in [6, 6.07) is 17.4. The Morgan fingerprint density at radius 2 is 1.26 bits per heavy atom. The standard InChI is InChI=1S/C24H26O2S/c1-2-6-19(5-1)25-21-12-9-17(10-13-21)23-15-18-11-14-22(16-24(18)27-23)26-20-7-3-4-8-20/h9-16,19-20H,1-8H2. The number of rotatable bonds is 5. The van der Waals surface area contributed by atoms with E-state index in [1.807, 2.05) is 11.3 Å². The van der Waals surface area contributed by atoms with Crippen LogP contribution in [0.15, 0.2) is 48.5 Å². The first kappa shape index (κ1) is 17.1. The highest BCUT2D eigenvalue weighted by Gasteiger charge is 2.17. The summed E-state index contributed by atoms with van der Waals surface area (Å²) in [5.41, 5.74) is 1.26. The molecule has 2 aliphatic rings. The minimum atomic E-state index is 0.411. The van der Waals surface area contributed by atoms with Crippen molar-refractivity contribution in [2.24, 2.45) is 0 Å². The van der Waals surface area contributed by atoms with Crippen molar-refractivity contribution in [3.05, 3.63) is 48.5 Å². The first-order valence-electron chi connectivity index (χ1n) is 10.3. The third kappa shape index (κ3) is 3.84. The van der Waals surface area contributed by atoms with Crippen LogP contribution in [0.1, 0.15) is 51.4 Å². The average molecular weight is 379 g/mol. The van der Waals surface area contributed by atoms with E-state index in [2.05, 4.69) is 48.5 Å². The molecule has 2 saturated carbocycles. The molecular formula is C24H26O2S. The Bertz CT molecular complexity index is 900. The number of fused-ring (bicyclic) bond motifs is 1. The Morgan fingerprint density at radius 3 is 1.93 bits per heavy atom. The van der Waals surface area contributed by atoms with Gasteiger partial charge in [-0.15, -0.1) is 11.3 Å². The van der Waals surface area contributed by atoms with Gasteiger partial charge >= 0.3 is 0 Å². The van der Waals surface area contributed by atoms with Gasteiger partial charge in [-0.2, -0.15) is 0 Å². The second-order valence-corrected chi connectivity index (χ2v) is 8.97. The molecule has 2 aromatic carbocycles. The van der Waals surface area contributed by atoms with Crippen molar-refractivity contribution in [2.75, 3.05) is 0 Å². The summed E-state index contributed by atoms with van der Waals surface area (Å²) >= 11 is 1.84. The Labute approximate surface area is 165 Å². The lowest BCUT2D eigenvalue weighted by atomic mass is 10.1. The molecule has 0 bridgehead atoms. The van der Waals surface area contributed by atoms with E-state index in [4.69, 9.17) is 9.47 Å². The van der Waals surface area contributed by atoms with Gasteiger partial charge in [0.25, 0.3) is 0 Å². The summed E-state index contributed by atoms with van der Waals surface area (Å²) in [6.45, 7) is 0. The molecule has 5 rings (SSSR count). The Hall–Kier alpha value is -2.00. The van der Waals surface area contributed by atoms with Gasteiger partial charge in [0.05, 0.1) is 12.2 Å². The van der Waals surface area contributed by atoms with Crippen LogP contribution >= 0.6 is 11.3 Å². The largest absolute Gasteiger partial charge is 0.490 e. The second kappa shape index (κ2) is 7.55. The highest BCUT2D eigenvalue weighted by molar-refractivity contribution is 7.22. The Kier molecular flexibility index (Phi) is 4.79. The van der Waals surface area contributed by atoms with E-state index in [0.29, 0.717) is 12.2 Å². The third-order valence-electron chi connectivity index (χ3n) is 5.84. The zero-order valence-electron chi connectivity index (χ0n) is 15.7. The lowest BCUT2D eigenvalue weighted by molar-refractivity contribution is 0.210. The SMILES string of the molecule is c1cc(-c2cc3ccc(OC4CCCC4)cc3s2)ccc1OC1CCCC1. The van der Waals surface area contributed by atoms with Gasteiger partial charge in [0.2, 0.25) is 0 Å². The molecule has 3 aromatic rings. The van der Waals surface area contributed by atoms with Crippen LogP contribution in [0.3, 0.4) is 0 Å². The van der Waals surface area contributed by atoms with Crippen LogP contribution in [0.5, 0.6) is 11.5 Å². The molecule has 3 heteroatoms. The summed E-state index contributed by atoms with van der Waals surface area (Å²) in [4.78, 5) is 1.30. The van der Waals surface area contributed by atoms with Crippen molar-refractivity contribution >= 4 is 21.4 Å². The quantitative estimate of drug-likeness (QED) is 0.467. The highest BCUT2D eigenvalue weighted by Crippen LogP contribution is 2.37. The Morgan fingerprint density at radius 1 is 0.667 bits per heavy atom. The molecule has 140 valence electrons. The fraction of sp³-hybridized carbons (Fsp3) is 0.417. The fourth-order valence-electron chi connectivity index (χ4n) is 4.32. The fourth-order valence-corrected chi connectivity index (χ4v) is 5.42. The van der Waals surface area contributed by atoms with Crippen molar-refractivity contribution in [3.63, 3.8) is 0 Å². The number of hydrogen-bond acceptors (Lipinski definition) is 3. The van der Waals surface area contributed by atoms with E-state index in [1.54, 1.807) is 0 Å². The van der Waals surface area contributed by atoms with Gasteiger partial charge in [-0.3, -0.25) is 0 Å². The second-order valence-electron chi connectivity index (χ2n) is 7.88. The van der Waals surface area contributed by atoms with Crippen molar-refractivity contribution < 1.29 is 9.47 Å². The van der Waals surface area contributed by atoms with Crippen LogP contribution in [0.2, 0.25) is 0 Å². The van der Waals surface area contributed by atoms with Crippen molar-refractivity contribution in [3.8, 4) is 21.9 Å². The van der Waals surface area contributed by atoms with Crippen molar-refractivity contribution in [1.82, 2.24) is 0 Å². The lowest BCUT2D eigenvalue weighted by Gasteiger charge is -2.13. The molecule has 0 radical (unpaired) electrons. The minimum absolute atomic E-state index is 0.411. The molecule has 0 N–H and O–H groups in total. The maximum absolute atomic E-state index is 6.17. The van der Waals surface area contributed by atoms with Gasteiger partial charge in [0.15, 0.2) is 0 Å². The van der Waals surface area contributed by atoms with E-state index < -0.39 is 0 Å². The van der Waals surface area contributed by atoms with Crippen LogP contribution in [-0.2, 0) is 0 Å². The molecule has 1 aromatic heterocycles. The summed E-state index contributed by atoms with van der Waals surface area (Å²) in [7, 11) is 0. The van der Waals surface area contributed by atoms with E-state index in [-0.39, 0.29) is 0 Å². The summed E-state index contributed by atoms with van der Waals surface area (Å²) in [5.74, 6) is 2.02. The van der Waals surface area contributed by atoms with Crippen molar-refractivity contribution in [2.45, 2.75) is 63.6 Å². The monoisotopic (exact) mass is 378 g/mol. The lowest BCUT2D eigenvalue weighted by Crippen LogP contribution is -2.10. The predicted molar refractivity (Wildman–Crippen MR) is 113 cm³/mol. The molecule has 2 aliphatic carbocycles. The molecule has 2 fully saturated rings. The molecule has 0 atom stereocenters. The molecule has 0 unspecified atom stereocenters. The van der Waals surface area contributed by atoms with E-state index >= 15 is 0 Å². The minimum Gasteiger partial charge on any atom is -0.490 e. The zero-order valence-corrected chi connectivity index (χ0v) is 16.5. The zero-order chi connectivity index (χ0) is 18.1. The normalized spacial score (nSPS) is 18.4. The van der Waals surface area contributed by atoms with E-state index in [1.165, 1.54) is 71.9 Å². The third-order valence-corrected chi connectivity index (χ3v) is 6.99. The molecule has 0 aliphatic heterocycles. The van der Waals surface area contributed by atoms with Crippen LogP contribution in [0.25, 0.3) is 20.5 Å². The van der Waals surface area contributed by atoms with Gasteiger partial charge < -0.3 is 9.47 Å². The molecule has 1 heterocycles. The van der Waals surface area contributed by atoms with Gasteiger partial charge in [0, 0.05) is 9.58 Å². The summed E-state index contributed by atoms with van der Waals surface area (Å²) < 4.78 is 13.6. The first-order chi connectivity index (χ1) is 13.3. The molecule has 0 saturated heterocycles. The van der Waals surface area contributed by atoms with Gasteiger partial charge in [-0.05, 0) is 111 Å². The average Bonchev–Trinajstić information content (AvgIpc) is 3.44. The van der Waals surface area contributed by atoms with Gasteiger partial charge in [-0.25, -0.2) is 0 Å². The van der Waals surface area contributed by atoms with Crippen LogP contribution in [-0.4, -0.2) is 12.2 Å². The molecular weight excluding hydrogens is 352 g/mol. The maximum Gasteiger partial charge on any atom is 0.121 e. The number of thiophene rings is 1. The predicted octanol–water partition coefficient (Wildman–Crippen LogP) is 7.21. The van der Waals surface area contributed by atoms with Gasteiger partial charge in [-0.1, -0.05) is 0 Å². The number of hydrogen-bond donors (Lipinski definition) is 0. The summed E-state index contributed by atoms with van der Waals surface area (Å²) in [5, 5.41) is 1.29. The van der Waals surface area contributed by atoms with Crippen LogP contribution in [0.4, 0.5) is 0 Å². The molecule has 0 spiro atoms. The molecule has 0 amide bonds. The molecule has 27 heavy (non-hydrogen) atoms. The first-order valence-corrected chi connectivity index (χ1v) is 11.1. The molecule has 2 nitrogen and oxygen atoms in total. The Balaban J connectivity index is 1.33. The van der Waals surface area contributed by atoms with E-state index in [0.717, 1.165) is 11.5 Å². The smallest absolute Gasteiger partial charge is 0.121 e. The number of benzene rings is 2. The topological polar surface area (TPSA) is 18.5 Å². The van der Waals surface area contributed by atoms with Crippen LogP contribution < -0.4 is 9.47 Å². The van der Waals surface area contributed by atoms with Crippen LogP contribution in [0, 0.1) is 0 Å².